The van der Waals surface area contributed by atoms with E-state index < -0.39 is 5.92 Å². The van der Waals surface area contributed by atoms with Crippen LogP contribution < -0.4 is 10.7 Å². The second-order valence-electron chi connectivity index (χ2n) is 9.32. The number of nitrogens with one attached hydrogen (secondary N) is 2. The number of carbonyl (C=O) groups excluding carboxylic acids is 2. The summed E-state index contributed by atoms with van der Waals surface area (Å²) in [6.45, 7) is 3.86. The number of benzene rings is 3. The summed E-state index contributed by atoms with van der Waals surface area (Å²) in [5, 5.41) is 7.46. The Kier molecular flexibility index (Phi) is 6.99. The summed E-state index contributed by atoms with van der Waals surface area (Å²) < 4.78 is 6.01. The molecule has 1 heterocycles. The van der Waals surface area contributed by atoms with Gasteiger partial charge in [0.15, 0.2) is 5.76 Å². The summed E-state index contributed by atoms with van der Waals surface area (Å²) >= 11 is 0. The van der Waals surface area contributed by atoms with E-state index in [2.05, 4.69) is 15.8 Å². The summed E-state index contributed by atoms with van der Waals surface area (Å²) in [5.41, 5.74) is 8.69. The van der Waals surface area contributed by atoms with Gasteiger partial charge in [-0.15, -0.1) is 0 Å². The van der Waals surface area contributed by atoms with Crippen LogP contribution in [0.3, 0.4) is 0 Å². The van der Waals surface area contributed by atoms with Gasteiger partial charge in [0.2, 0.25) is 0 Å². The van der Waals surface area contributed by atoms with Crippen LogP contribution in [0, 0.1) is 13.8 Å². The van der Waals surface area contributed by atoms with Crippen LogP contribution in [0.2, 0.25) is 0 Å². The fraction of sp³-hybridized carbons (Fsp3) is 0.194. The van der Waals surface area contributed by atoms with Crippen molar-refractivity contribution in [1.29, 1.82) is 0 Å². The van der Waals surface area contributed by atoms with Crippen molar-refractivity contribution in [2.45, 2.75) is 39.0 Å². The van der Waals surface area contributed by atoms with Crippen molar-refractivity contribution >= 4 is 23.2 Å². The molecule has 1 aliphatic carbocycles. The molecule has 2 amide bonds. The molecule has 0 bridgehead atoms. The number of hydrogen-bond donors (Lipinski definition) is 2. The molecule has 0 aliphatic heterocycles. The van der Waals surface area contributed by atoms with Crippen LogP contribution in [0.15, 0.2) is 94.4 Å². The summed E-state index contributed by atoms with van der Waals surface area (Å²) in [4.78, 5) is 26.4. The number of carbonyl (C=O) groups is 2. The topological polar surface area (TPSA) is 83.7 Å². The molecule has 5 rings (SSSR count). The van der Waals surface area contributed by atoms with Gasteiger partial charge < -0.3 is 9.73 Å². The van der Waals surface area contributed by atoms with E-state index in [1.54, 1.807) is 0 Å². The van der Waals surface area contributed by atoms with Gasteiger partial charge in [-0.1, -0.05) is 78.4 Å². The predicted molar refractivity (Wildman–Crippen MR) is 145 cm³/mol. The Morgan fingerprint density at radius 2 is 1.46 bits per heavy atom. The minimum Gasteiger partial charge on any atom is -0.455 e. The molecule has 6 heteroatoms. The van der Waals surface area contributed by atoms with Crippen molar-refractivity contribution in [3.63, 3.8) is 0 Å². The second kappa shape index (κ2) is 10.7. The van der Waals surface area contributed by atoms with E-state index in [1.165, 1.54) is 0 Å². The molecule has 0 fully saturated rings. The van der Waals surface area contributed by atoms with Crippen molar-refractivity contribution in [1.82, 2.24) is 5.43 Å². The van der Waals surface area contributed by atoms with E-state index in [1.807, 2.05) is 98.8 Å². The van der Waals surface area contributed by atoms with Crippen LogP contribution >= 0.6 is 0 Å². The van der Waals surface area contributed by atoms with Gasteiger partial charge in [0.1, 0.15) is 5.76 Å². The highest BCUT2D eigenvalue weighted by Gasteiger charge is 2.29. The number of amides is 2. The second-order valence-corrected chi connectivity index (χ2v) is 9.32. The Hall–Kier alpha value is -4.45. The SMILES string of the molecule is Cc1ccc(NC(=O)c2oc3c(c2C)/C(=N/NC(=O)C(c2ccccc2)c2ccccc2)CCC3)cc1. The first-order valence-electron chi connectivity index (χ1n) is 12.5. The van der Waals surface area contributed by atoms with Gasteiger partial charge in [0, 0.05) is 23.2 Å². The molecule has 0 spiro atoms. The number of hydrogen-bond acceptors (Lipinski definition) is 4. The Balaban J connectivity index is 1.40. The van der Waals surface area contributed by atoms with Crippen molar-refractivity contribution in [3.05, 3.63) is 124 Å². The molecule has 4 aromatic rings. The third-order valence-corrected chi connectivity index (χ3v) is 6.67. The minimum absolute atomic E-state index is 0.212. The molecule has 3 aromatic carbocycles. The van der Waals surface area contributed by atoms with Crippen LogP contribution in [0.4, 0.5) is 5.69 Å². The zero-order valence-electron chi connectivity index (χ0n) is 21.0. The summed E-state index contributed by atoms with van der Waals surface area (Å²) in [6.07, 6.45) is 2.24. The third-order valence-electron chi connectivity index (χ3n) is 6.67. The Bertz CT molecular complexity index is 1400. The third kappa shape index (κ3) is 5.23. The van der Waals surface area contributed by atoms with Gasteiger partial charge in [-0.3, -0.25) is 9.59 Å². The largest absolute Gasteiger partial charge is 0.455 e. The number of fused-ring (bicyclic) bond motifs is 1. The monoisotopic (exact) mass is 491 g/mol. The zero-order chi connectivity index (χ0) is 25.8. The lowest BCUT2D eigenvalue weighted by Crippen LogP contribution is -2.28. The van der Waals surface area contributed by atoms with Gasteiger partial charge in [-0.05, 0) is 49.9 Å². The van der Waals surface area contributed by atoms with Gasteiger partial charge in [0.05, 0.1) is 11.6 Å². The molecule has 0 saturated carbocycles. The molecule has 1 aliphatic rings. The van der Waals surface area contributed by atoms with Crippen molar-refractivity contribution in [3.8, 4) is 0 Å². The molecule has 186 valence electrons. The van der Waals surface area contributed by atoms with E-state index in [4.69, 9.17) is 4.42 Å². The Morgan fingerprint density at radius 3 is 2.08 bits per heavy atom. The number of rotatable bonds is 6. The molecule has 1 aromatic heterocycles. The first kappa shape index (κ1) is 24.3. The molecule has 0 atom stereocenters. The van der Waals surface area contributed by atoms with Crippen LogP contribution in [0.25, 0.3) is 0 Å². The molecule has 37 heavy (non-hydrogen) atoms. The average Bonchev–Trinajstić information content (AvgIpc) is 3.27. The molecule has 0 saturated heterocycles. The molecule has 0 radical (unpaired) electrons. The van der Waals surface area contributed by atoms with Gasteiger partial charge in [0.25, 0.3) is 11.8 Å². The summed E-state index contributed by atoms with van der Waals surface area (Å²) in [5.74, 6) is 0.00500. The van der Waals surface area contributed by atoms with Crippen LogP contribution in [0.5, 0.6) is 0 Å². The summed E-state index contributed by atoms with van der Waals surface area (Å²) in [7, 11) is 0. The lowest BCUT2D eigenvalue weighted by Gasteiger charge is -2.18. The zero-order valence-corrected chi connectivity index (χ0v) is 21.0. The maximum absolute atomic E-state index is 13.4. The normalized spacial score (nSPS) is 13.9. The van der Waals surface area contributed by atoms with Crippen molar-refractivity contribution in [2.24, 2.45) is 5.10 Å². The number of furan rings is 1. The van der Waals surface area contributed by atoms with E-state index >= 15 is 0 Å². The standard InChI is InChI=1S/C31H29N3O3/c1-20-16-18-24(19-17-20)32-31(36)29-21(2)27-25(14-9-15-26(27)37-29)33-34-30(35)28(22-10-5-3-6-11-22)23-12-7-4-8-13-23/h3-8,10-13,16-19,28H,9,14-15H2,1-2H3,(H,32,36)(H,34,35)/b33-25+. The predicted octanol–water partition coefficient (Wildman–Crippen LogP) is 6.14. The van der Waals surface area contributed by atoms with E-state index in [9.17, 15) is 9.59 Å². The van der Waals surface area contributed by atoms with E-state index in [-0.39, 0.29) is 17.6 Å². The van der Waals surface area contributed by atoms with Crippen LogP contribution in [0.1, 0.15) is 62.9 Å². The van der Waals surface area contributed by atoms with Gasteiger partial charge in [-0.2, -0.15) is 5.10 Å². The maximum Gasteiger partial charge on any atom is 0.291 e. The highest BCUT2D eigenvalue weighted by atomic mass is 16.4. The lowest BCUT2D eigenvalue weighted by atomic mass is 9.90. The van der Waals surface area contributed by atoms with Gasteiger partial charge in [-0.25, -0.2) is 5.43 Å². The molecule has 2 N–H and O–H groups in total. The highest BCUT2D eigenvalue weighted by molar-refractivity contribution is 6.09. The minimum atomic E-state index is -0.490. The number of nitrogens with zero attached hydrogens (tertiary/aromatic N) is 1. The Morgan fingerprint density at radius 1 is 0.838 bits per heavy atom. The van der Waals surface area contributed by atoms with Crippen LogP contribution in [-0.4, -0.2) is 17.5 Å². The number of hydrazone groups is 1. The van der Waals surface area contributed by atoms with E-state index in [0.29, 0.717) is 12.1 Å². The molecular weight excluding hydrogens is 462 g/mol. The molecule has 6 nitrogen and oxygen atoms in total. The molecular formula is C31H29N3O3. The quantitative estimate of drug-likeness (QED) is 0.318. The van der Waals surface area contributed by atoms with E-state index in [0.717, 1.165) is 52.1 Å². The van der Waals surface area contributed by atoms with Crippen LogP contribution in [-0.2, 0) is 11.2 Å². The number of anilines is 1. The maximum atomic E-state index is 13.4. The molecule has 0 unspecified atom stereocenters. The fourth-order valence-electron chi connectivity index (χ4n) is 4.79. The smallest absolute Gasteiger partial charge is 0.291 e. The summed E-state index contributed by atoms with van der Waals surface area (Å²) in [6, 6.07) is 27.0. The highest BCUT2D eigenvalue weighted by Crippen LogP contribution is 2.31. The first-order valence-corrected chi connectivity index (χ1v) is 12.5. The Labute approximate surface area is 216 Å². The van der Waals surface area contributed by atoms with Gasteiger partial charge >= 0.3 is 0 Å². The fourth-order valence-corrected chi connectivity index (χ4v) is 4.79. The number of aryl methyl sites for hydroxylation is 2. The lowest BCUT2D eigenvalue weighted by molar-refractivity contribution is -0.121. The van der Waals surface area contributed by atoms with Crippen molar-refractivity contribution < 1.29 is 14.0 Å². The van der Waals surface area contributed by atoms with Crippen molar-refractivity contribution in [2.75, 3.05) is 5.32 Å². The average molecular weight is 492 g/mol. The first-order chi connectivity index (χ1) is 18.0.